The van der Waals surface area contributed by atoms with Crippen LogP contribution in [0.3, 0.4) is 0 Å². The molecule has 0 spiro atoms. The van der Waals surface area contributed by atoms with Gasteiger partial charge < -0.3 is 14.8 Å². The molecule has 1 N–H and O–H groups in total. The van der Waals surface area contributed by atoms with E-state index in [0.29, 0.717) is 6.54 Å². The van der Waals surface area contributed by atoms with E-state index >= 15 is 0 Å². The van der Waals surface area contributed by atoms with Crippen molar-refractivity contribution in [3.63, 3.8) is 0 Å². The van der Waals surface area contributed by atoms with Crippen LogP contribution >= 0.6 is 15.9 Å². The van der Waals surface area contributed by atoms with E-state index < -0.39 is 5.60 Å². The largest absolute Gasteiger partial charge is 0.467 e. The Morgan fingerprint density at radius 2 is 2.16 bits per heavy atom. The molecule has 0 saturated carbocycles. The van der Waals surface area contributed by atoms with Crippen LogP contribution in [0, 0.1) is 0 Å². The number of methoxy groups -OCH3 is 1. The molecule has 4 nitrogen and oxygen atoms in total. The zero-order valence-corrected chi connectivity index (χ0v) is 12.5. The lowest BCUT2D eigenvalue weighted by molar-refractivity contribution is -0.155. The van der Waals surface area contributed by atoms with Crippen LogP contribution in [0.15, 0.2) is 28.7 Å². The quantitative estimate of drug-likeness (QED) is 0.861. The van der Waals surface area contributed by atoms with Crippen molar-refractivity contribution in [1.29, 1.82) is 0 Å². The van der Waals surface area contributed by atoms with Gasteiger partial charge in [-0.1, -0.05) is 28.1 Å². The van der Waals surface area contributed by atoms with Crippen molar-refractivity contribution >= 4 is 21.9 Å². The molecule has 2 rings (SSSR count). The molecule has 1 heterocycles. The Kier molecular flexibility index (Phi) is 4.96. The molecule has 0 amide bonds. The number of halogens is 1. The van der Waals surface area contributed by atoms with Gasteiger partial charge >= 0.3 is 5.97 Å². The lowest BCUT2D eigenvalue weighted by Crippen LogP contribution is -2.46. The van der Waals surface area contributed by atoms with Crippen LogP contribution in [0.25, 0.3) is 0 Å². The molecule has 1 fully saturated rings. The van der Waals surface area contributed by atoms with Crippen LogP contribution in [0.1, 0.15) is 18.4 Å². The average molecular weight is 328 g/mol. The molecule has 0 aromatic heterocycles. The maximum atomic E-state index is 11.3. The van der Waals surface area contributed by atoms with Crippen molar-refractivity contribution in [2.45, 2.75) is 18.4 Å². The second-order valence-electron chi connectivity index (χ2n) is 4.65. The summed E-state index contributed by atoms with van der Waals surface area (Å²) in [5.74, 6) is -0.345. The number of piperidine rings is 1. The number of carbonyl (C=O) groups excluding carboxylic acids is 1. The summed E-state index contributed by atoms with van der Waals surface area (Å²) in [6, 6.07) is 8.06. The summed E-state index contributed by atoms with van der Waals surface area (Å²) < 4.78 is 11.6. The van der Waals surface area contributed by atoms with Crippen LogP contribution in [0.4, 0.5) is 0 Å². The number of hydrogen-bond donors (Lipinski definition) is 1. The van der Waals surface area contributed by atoms with E-state index in [1.807, 2.05) is 24.3 Å². The minimum atomic E-state index is -0.437. The van der Waals surface area contributed by atoms with Gasteiger partial charge in [0, 0.05) is 11.0 Å². The van der Waals surface area contributed by atoms with Gasteiger partial charge in [-0.3, -0.25) is 0 Å². The minimum absolute atomic E-state index is 0.0196. The first-order chi connectivity index (χ1) is 9.16. The molecule has 1 aliphatic rings. The molecular formula is C14H18BrNO3. The number of carbonyl (C=O) groups is 1. The van der Waals surface area contributed by atoms with Crippen molar-refractivity contribution in [2.24, 2.45) is 0 Å². The molecule has 0 aliphatic carbocycles. The molecular weight excluding hydrogens is 310 g/mol. The first-order valence-electron chi connectivity index (χ1n) is 6.34. The molecule has 0 radical (unpaired) electrons. The standard InChI is InChI=1S/C14H18BrNO3/c1-18-13(17)9-19-14(7-2-8-16-10-14)11-3-5-12(15)6-4-11/h3-6,16H,2,7-10H2,1H3. The summed E-state index contributed by atoms with van der Waals surface area (Å²) in [5, 5.41) is 3.34. The number of hydrogen-bond acceptors (Lipinski definition) is 4. The highest BCUT2D eigenvalue weighted by Gasteiger charge is 2.35. The summed E-state index contributed by atoms with van der Waals surface area (Å²) in [6.45, 7) is 1.68. The van der Waals surface area contributed by atoms with Gasteiger partial charge in [0.15, 0.2) is 0 Å². The lowest BCUT2D eigenvalue weighted by Gasteiger charge is -2.37. The van der Waals surface area contributed by atoms with Crippen LogP contribution in [0.2, 0.25) is 0 Å². The SMILES string of the molecule is COC(=O)COC1(c2ccc(Br)cc2)CCCNC1. The van der Waals surface area contributed by atoms with Gasteiger partial charge in [-0.25, -0.2) is 4.79 Å². The fourth-order valence-electron chi connectivity index (χ4n) is 2.34. The second kappa shape index (κ2) is 6.50. The highest BCUT2D eigenvalue weighted by Crippen LogP contribution is 2.33. The fourth-order valence-corrected chi connectivity index (χ4v) is 2.60. The highest BCUT2D eigenvalue weighted by molar-refractivity contribution is 9.10. The molecule has 19 heavy (non-hydrogen) atoms. The maximum Gasteiger partial charge on any atom is 0.331 e. The van der Waals surface area contributed by atoms with E-state index in [0.717, 1.165) is 29.4 Å². The van der Waals surface area contributed by atoms with Gasteiger partial charge in [-0.15, -0.1) is 0 Å². The van der Waals surface area contributed by atoms with E-state index in [1.165, 1.54) is 7.11 Å². The van der Waals surface area contributed by atoms with Gasteiger partial charge in [-0.2, -0.15) is 0 Å². The Labute approximate surface area is 121 Å². The number of ether oxygens (including phenoxy) is 2. The van der Waals surface area contributed by atoms with Crippen molar-refractivity contribution in [2.75, 3.05) is 26.8 Å². The van der Waals surface area contributed by atoms with Gasteiger partial charge in [0.2, 0.25) is 0 Å². The predicted molar refractivity (Wildman–Crippen MR) is 75.9 cm³/mol. The molecule has 1 atom stereocenters. The molecule has 1 saturated heterocycles. The fraction of sp³-hybridized carbons (Fsp3) is 0.500. The van der Waals surface area contributed by atoms with Crippen molar-refractivity contribution in [3.05, 3.63) is 34.3 Å². The molecule has 0 bridgehead atoms. The molecule has 104 valence electrons. The Hall–Kier alpha value is -0.910. The third-order valence-corrected chi connectivity index (χ3v) is 3.94. The highest BCUT2D eigenvalue weighted by atomic mass is 79.9. The number of nitrogens with one attached hydrogen (secondary N) is 1. The summed E-state index contributed by atoms with van der Waals surface area (Å²) >= 11 is 3.43. The normalized spacial score (nSPS) is 23.1. The second-order valence-corrected chi connectivity index (χ2v) is 5.56. The van der Waals surface area contributed by atoms with Crippen LogP contribution in [-0.2, 0) is 19.9 Å². The van der Waals surface area contributed by atoms with Crippen molar-refractivity contribution in [3.8, 4) is 0 Å². The Morgan fingerprint density at radius 3 is 2.74 bits per heavy atom. The predicted octanol–water partition coefficient (Wildman–Crippen LogP) is 2.22. The Morgan fingerprint density at radius 1 is 1.42 bits per heavy atom. The van der Waals surface area contributed by atoms with E-state index in [9.17, 15) is 4.79 Å². The molecule has 5 heteroatoms. The smallest absolute Gasteiger partial charge is 0.331 e. The number of benzene rings is 1. The van der Waals surface area contributed by atoms with Crippen molar-refractivity contribution in [1.82, 2.24) is 5.32 Å². The first kappa shape index (κ1) is 14.5. The zero-order chi connectivity index (χ0) is 13.7. The van der Waals surface area contributed by atoms with Gasteiger partial charge in [0.1, 0.15) is 12.2 Å². The van der Waals surface area contributed by atoms with E-state index in [-0.39, 0.29) is 12.6 Å². The molecule has 1 aromatic rings. The number of esters is 1. The van der Waals surface area contributed by atoms with E-state index in [4.69, 9.17) is 4.74 Å². The van der Waals surface area contributed by atoms with Gasteiger partial charge in [0.25, 0.3) is 0 Å². The first-order valence-corrected chi connectivity index (χ1v) is 7.13. The van der Waals surface area contributed by atoms with Crippen LogP contribution in [0.5, 0.6) is 0 Å². The average Bonchev–Trinajstić information content (AvgIpc) is 2.46. The van der Waals surface area contributed by atoms with Gasteiger partial charge in [-0.05, 0) is 37.1 Å². The maximum absolute atomic E-state index is 11.3. The summed E-state index contributed by atoms with van der Waals surface area (Å²) in [6.07, 6.45) is 1.93. The van der Waals surface area contributed by atoms with Crippen LogP contribution < -0.4 is 5.32 Å². The zero-order valence-electron chi connectivity index (χ0n) is 10.9. The van der Waals surface area contributed by atoms with Crippen molar-refractivity contribution < 1.29 is 14.3 Å². The molecule has 1 aromatic carbocycles. The summed E-state index contributed by atoms with van der Waals surface area (Å²) in [4.78, 5) is 11.3. The summed E-state index contributed by atoms with van der Waals surface area (Å²) in [7, 11) is 1.37. The van der Waals surface area contributed by atoms with E-state index in [1.54, 1.807) is 0 Å². The monoisotopic (exact) mass is 327 g/mol. The van der Waals surface area contributed by atoms with Crippen LogP contribution in [-0.4, -0.2) is 32.8 Å². The summed E-state index contributed by atoms with van der Waals surface area (Å²) in [5.41, 5.74) is 0.652. The number of rotatable bonds is 4. The topological polar surface area (TPSA) is 47.6 Å². The van der Waals surface area contributed by atoms with Gasteiger partial charge in [0.05, 0.1) is 7.11 Å². The molecule has 1 unspecified atom stereocenters. The third-order valence-electron chi connectivity index (χ3n) is 3.41. The molecule has 1 aliphatic heterocycles. The minimum Gasteiger partial charge on any atom is -0.467 e. The Bertz CT molecular complexity index is 427. The van der Waals surface area contributed by atoms with E-state index in [2.05, 4.69) is 26.0 Å². The lowest BCUT2D eigenvalue weighted by atomic mass is 9.86. The third kappa shape index (κ3) is 3.55. The Balaban J connectivity index is 2.18.